The van der Waals surface area contributed by atoms with Crippen molar-refractivity contribution in [1.82, 2.24) is 14.9 Å². The van der Waals surface area contributed by atoms with Crippen LogP contribution < -0.4 is 4.90 Å². The van der Waals surface area contributed by atoms with Crippen LogP contribution in [0.15, 0.2) is 53.3 Å². The third kappa shape index (κ3) is 2.71. The summed E-state index contributed by atoms with van der Waals surface area (Å²) in [7, 11) is 0. The number of aromatic nitrogens is 3. The number of amides is 1. The van der Waals surface area contributed by atoms with E-state index < -0.39 is 0 Å². The second-order valence-corrected chi connectivity index (χ2v) is 6.08. The lowest BCUT2D eigenvalue weighted by Crippen LogP contribution is -2.41. The predicted octanol–water partition coefficient (Wildman–Crippen LogP) is 2.55. The van der Waals surface area contributed by atoms with Crippen LogP contribution in [-0.2, 0) is 17.6 Å². The predicted molar refractivity (Wildman–Crippen MR) is 88.7 cm³/mol. The number of rotatable bonds is 3. The molecule has 1 aliphatic heterocycles. The molecule has 6 heteroatoms. The molecule has 4 rings (SSSR count). The van der Waals surface area contributed by atoms with E-state index in [9.17, 15) is 4.79 Å². The van der Waals surface area contributed by atoms with Gasteiger partial charge in [-0.2, -0.15) is 5.10 Å². The van der Waals surface area contributed by atoms with Gasteiger partial charge in [-0.1, -0.05) is 23.4 Å². The third-order valence-electron chi connectivity index (χ3n) is 4.34. The first-order valence-electron chi connectivity index (χ1n) is 8.00. The summed E-state index contributed by atoms with van der Waals surface area (Å²) >= 11 is 0. The van der Waals surface area contributed by atoms with Crippen molar-refractivity contribution in [2.45, 2.75) is 25.8 Å². The Kier molecular flexibility index (Phi) is 3.65. The van der Waals surface area contributed by atoms with E-state index in [2.05, 4.69) is 16.3 Å². The molecular weight excluding hydrogens is 304 g/mol. The number of fused-ring (bicyclic) bond motifs is 1. The van der Waals surface area contributed by atoms with Crippen molar-refractivity contribution in [3.05, 3.63) is 65.8 Å². The maximum atomic E-state index is 12.9. The van der Waals surface area contributed by atoms with Gasteiger partial charge in [0.15, 0.2) is 0 Å². The molecule has 0 saturated heterocycles. The molecule has 1 atom stereocenters. The van der Waals surface area contributed by atoms with Gasteiger partial charge in [0.05, 0.1) is 18.2 Å². The van der Waals surface area contributed by atoms with E-state index in [0.717, 1.165) is 17.7 Å². The summed E-state index contributed by atoms with van der Waals surface area (Å²) in [6.07, 6.45) is 4.81. The first kappa shape index (κ1) is 14.7. The van der Waals surface area contributed by atoms with Gasteiger partial charge in [0.1, 0.15) is 5.76 Å². The lowest BCUT2D eigenvalue weighted by Gasteiger charge is -2.34. The molecule has 0 N–H and O–H groups in total. The molecule has 24 heavy (non-hydrogen) atoms. The second kappa shape index (κ2) is 5.96. The van der Waals surface area contributed by atoms with E-state index in [-0.39, 0.29) is 18.4 Å². The highest BCUT2D eigenvalue weighted by atomic mass is 16.5. The average molecular weight is 322 g/mol. The van der Waals surface area contributed by atoms with Crippen molar-refractivity contribution in [1.29, 1.82) is 0 Å². The van der Waals surface area contributed by atoms with Gasteiger partial charge in [-0.25, -0.2) is 0 Å². The Hall–Kier alpha value is -2.89. The molecule has 0 fully saturated rings. The van der Waals surface area contributed by atoms with Crippen LogP contribution in [0.5, 0.6) is 0 Å². The Morgan fingerprint density at radius 2 is 2.21 bits per heavy atom. The maximum Gasteiger partial charge on any atom is 0.233 e. The molecule has 1 aliphatic rings. The van der Waals surface area contributed by atoms with Crippen molar-refractivity contribution in [3.63, 3.8) is 0 Å². The van der Waals surface area contributed by atoms with Gasteiger partial charge < -0.3 is 9.42 Å². The minimum atomic E-state index is 0.0209. The van der Waals surface area contributed by atoms with Crippen LogP contribution in [0.4, 0.5) is 5.69 Å². The Bertz CT molecular complexity index is 854. The number of hydrogen-bond donors (Lipinski definition) is 0. The van der Waals surface area contributed by atoms with Crippen molar-refractivity contribution < 1.29 is 9.32 Å². The summed E-state index contributed by atoms with van der Waals surface area (Å²) in [5.41, 5.74) is 2.80. The number of carbonyl (C=O) groups is 1. The molecular formula is C18H18N4O2. The zero-order valence-corrected chi connectivity index (χ0v) is 13.4. The molecule has 1 amide bonds. The minimum absolute atomic E-state index is 0.0209. The highest BCUT2D eigenvalue weighted by Crippen LogP contribution is 2.32. The van der Waals surface area contributed by atoms with E-state index >= 15 is 0 Å². The number of nitrogens with zero attached hydrogens (tertiary/aromatic N) is 4. The standard InChI is InChI=1S/C18H18N4O2/c1-13-9-15(20-24-13)11-18(23)21-12-16(22-8-4-7-19-22)10-14-5-2-3-6-17(14)21/h2-9,16H,10-12H2,1H3/t16-/m1/s1. The summed E-state index contributed by atoms with van der Waals surface area (Å²) < 4.78 is 6.99. The number of carbonyl (C=O) groups excluding carboxylic acids is 1. The minimum Gasteiger partial charge on any atom is -0.361 e. The zero-order valence-electron chi connectivity index (χ0n) is 13.4. The Labute approximate surface area is 139 Å². The largest absolute Gasteiger partial charge is 0.361 e. The summed E-state index contributed by atoms with van der Waals surface area (Å²) in [4.78, 5) is 14.7. The monoisotopic (exact) mass is 322 g/mol. The van der Waals surface area contributed by atoms with Crippen LogP contribution in [0.2, 0.25) is 0 Å². The van der Waals surface area contributed by atoms with Gasteiger partial charge >= 0.3 is 0 Å². The highest BCUT2D eigenvalue weighted by molar-refractivity contribution is 5.95. The summed E-state index contributed by atoms with van der Waals surface area (Å²) in [6.45, 7) is 2.43. The zero-order chi connectivity index (χ0) is 16.5. The van der Waals surface area contributed by atoms with E-state index in [0.29, 0.717) is 18.0 Å². The lowest BCUT2D eigenvalue weighted by atomic mass is 9.97. The van der Waals surface area contributed by atoms with Crippen LogP contribution in [0, 0.1) is 6.92 Å². The lowest BCUT2D eigenvalue weighted by molar-refractivity contribution is -0.118. The molecule has 122 valence electrons. The second-order valence-electron chi connectivity index (χ2n) is 6.08. The fourth-order valence-electron chi connectivity index (χ4n) is 3.24. The van der Waals surface area contributed by atoms with Gasteiger partial charge in [0, 0.05) is 30.7 Å². The summed E-state index contributed by atoms with van der Waals surface area (Å²) in [6, 6.07) is 11.9. The molecule has 6 nitrogen and oxygen atoms in total. The molecule has 3 heterocycles. The van der Waals surface area contributed by atoms with Crippen LogP contribution in [0.1, 0.15) is 23.1 Å². The summed E-state index contributed by atoms with van der Waals surface area (Å²) in [5, 5.41) is 8.28. The SMILES string of the molecule is Cc1cc(CC(=O)N2C[C@H](n3cccn3)Cc3ccccc32)no1. The van der Waals surface area contributed by atoms with Crippen LogP contribution in [0.25, 0.3) is 0 Å². The first-order valence-corrected chi connectivity index (χ1v) is 8.00. The number of benzene rings is 1. The van der Waals surface area contributed by atoms with Gasteiger partial charge in [0.25, 0.3) is 0 Å². The smallest absolute Gasteiger partial charge is 0.233 e. The van der Waals surface area contributed by atoms with Gasteiger partial charge in [-0.05, 0) is 31.0 Å². The molecule has 3 aromatic rings. The average Bonchev–Trinajstić information content (AvgIpc) is 3.25. The molecule has 0 bridgehead atoms. The van der Waals surface area contributed by atoms with Crippen LogP contribution in [-0.4, -0.2) is 27.4 Å². The molecule has 0 unspecified atom stereocenters. The summed E-state index contributed by atoms with van der Waals surface area (Å²) in [5.74, 6) is 0.735. The topological polar surface area (TPSA) is 64.2 Å². The van der Waals surface area contributed by atoms with Crippen LogP contribution >= 0.6 is 0 Å². The van der Waals surface area contributed by atoms with E-state index in [1.54, 1.807) is 12.3 Å². The van der Waals surface area contributed by atoms with Crippen LogP contribution in [0.3, 0.4) is 0 Å². The number of anilines is 1. The molecule has 0 radical (unpaired) electrons. The molecule has 0 aliphatic carbocycles. The number of aryl methyl sites for hydroxylation is 1. The van der Waals surface area contributed by atoms with Crippen molar-refractivity contribution >= 4 is 11.6 Å². The first-order chi connectivity index (χ1) is 11.7. The molecule has 2 aromatic heterocycles. The number of para-hydroxylation sites is 1. The van der Waals surface area contributed by atoms with Gasteiger partial charge in [-0.3, -0.25) is 9.48 Å². The Morgan fingerprint density at radius 3 is 2.96 bits per heavy atom. The van der Waals surface area contributed by atoms with Gasteiger partial charge in [0.2, 0.25) is 5.91 Å². The van der Waals surface area contributed by atoms with Gasteiger partial charge in [-0.15, -0.1) is 0 Å². The fraction of sp³-hybridized carbons (Fsp3) is 0.278. The van der Waals surface area contributed by atoms with E-state index in [1.165, 1.54) is 0 Å². The van der Waals surface area contributed by atoms with E-state index in [4.69, 9.17) is 4.52 Å². The van der Waals surface area contributed by atoms with E-state index in [1.807, 2.05) is 47.0 Å². The maximum absolute atomic E-state index is 12.9. The quantitative estimate of drug-likeness (QED) is 0.743. The third-order valence-corrected chi connectivity index (χ3v) is 4.34. The molecule has 0 saturated carbocycles. The Balaban J connectivity index is 1.63. The van der Waals surface area contributed by atoms with Crippen molar-refractivity contribution in [2.24, 2.45) is 0 Å². The van der Waals surface area contributed by atoms with Crippen molar-refractivity contribution in [3.8, 4) is 0 Å². The highest BCUT2D eigenvalue weighted by Gasteiger charge is 2.29. The Morgan fingerprint density at radius 1 is 1.33 bits per heavy atom. The normalized spacial score (nSPS) is 16.9. The molecule has 0 spiro atoms. The fourth-order valence-corrected chi connectivity index (χ4v) is 3.24. The molecule has 1 aromatic carbocycles. The van der Waals surface area contributed by atoms with Crippen molar-refractivity contribution in [2.75, 3.05) is 11.4 Å². The number of hydrogen-bond acceptors (Lipinski definition) is 4.